The lowest BCUT2D eigenvalue weighted by atomic mass is 9.99. The van der Waals surface area contributed by atoms with E-state index in [9.17, 15) is 0 Å². The molecule has 0 saturated carbocycles. The number of aromatic amines is 1. The molecule has 0 radical (unpaired) electrons. The van der Waals surface area contributed by atoms with Crippen LogP contribution in [0.25, 0.3) is 11.6 Å². The highest BCUT2D eigenvalue weighted by Gasteiger charge is 2.19. The van der Waals surface area contributed by atoms with Gasteiger partial charge in [0.05, 0.1) is 0 Å². The molecule has 0 amide bonds. The fourth-order valence-corrected chi connectivity index (χ4v) is 2.21. The van der Waals surface area contributed by atoms with E-state index >= 15 is 0 Å². The van der Waals surface area contributed by atoms with Gasteiger partial charge >= 0.3 is 0 Å². The molecule has 0 fully saturated rings. The van der Waals surface area contributed by atoms with Crippen LogP contribution in [0.3, 0.4) is 0 Å². The molecule has 1 aliphatic rings. The molecule has 0 bridgehead atoms. The zero-order valence-electron chi connectivity index (χ0n) is 8.77. The number of aromatic nitrogens is 4. The molecule has 2 aromatic heterocycles. The molecule has 0 saturated heterocycles. The highest BCUT2D eigenvalue weighted by atomic mass is 15.1. The third kappa shape index (κ3) is 1.37. The summed E-state index contributed by atoms with van der Waals surface area (Å²) >= 11 is 0. The van der Waals surface area contributed by atoms with Crippen LogP contribution in [0, 0.1) is 5.92 Å². The van der Waals surface area contributed by atoms with Crippen molar-refractivity contribution in [2.45, 2.75) is 26.3 Å². The number of rotatable bonds is 1. The molecule has 3 heterocycles. The molecule has 0 aromatic carbocycles. The summed E-state index contributed by atoms with van der Waals surface area (Å²) in [4.78, 5) is 11.8. The third-order valence-corrected chi connectivity index (χ3v) is 3.05. The minimum atomic E-state index is 0.777. The van der Waals surface area contributed by atoms with Crippen molar-refractivity contribution in [3.8, 4) is 11.6 Å². The molecule has 0 spiro atoms. The van der Waals surface area contributed by atoms with E-state index < -0.39 is 0 Å². The number of hydrogen-bond acceptors (Lipinski definition) is 2. The fraction of sp³-hybridized carbons (Fsp3) is 0.455. The second-order valence-corrected chi connectivity index (χ2v) is 4.26. The van der Waals surface area contributed by atoms with E-state index in [-0.39, 0.29) is 0 Å². The Morgan fingerprint density at radius 2 is 2.40 bits per heavy atom. The number of H-pyrrole nitrogens is 1. The van der Waals surface area contributed by atoms with Crippen LogP contribution >= 0.6 is 0 Å². The van der Waals surface area contributed by atoms with E-state index in [4.69, 9.17) is 0 Å². The zero-order chi connectivity index (χ0) is 10.3. The van der Waals surface area contributed by atoms with Crippen molar-refractivity contribution < 1.29 is 0 Å². The minimum Gasteiger partial charge on any atom is -0.342 e. The van der Waals surface area contributed by atoms with Crippen molar-refractivity contribution in [2.75, 3.05) is 0 Å². The van der Waals surface area contributed by atoms with Gasteiger partial charge in [0.2, 0.25) is 0 Å². The van der Waals surface area contributed by atoms with Gasteiger partial charge in [-0.15, -0.1) is 0 Å². The monoisotopic (exact) mass is 202 g/mol. The molecular weight excluding hydrogens is 188 g/mol. The van der Waals surface area contributed by atoms with Gasteiger partial charge < -0.3 is 9.55 Å². The van der Waals surface area contributed by atoms with Gasteiger partial charge in [-0.3, -0.25) is 0 Å². The summed E-state index contributed by atoms with van der Waals surface area (Å²) in [6, 6.07) is 0. The van der Waals surface area contributed by atoms with Crippen LogP contribution in [0.5, 0.6) is 0 Å². The Morgan fingerprint density at radius 1 is 1.47 bits per heavy atom. The summed E-state index contributed by atoms with van der Waals surface area (Å²) in [7, 11) is 0. The van der Waals surface area contributed by atoms with Gasteiger partial charge in [-0.1, -0.05) is 6.92 Å². The van der Waals surface area contributed by atoms with E-state index in [1.807, 2.05) is 12.4 Å². The molecule has 1 aliphatic heterocycles. The molecule has 1 unspecified atom stereocenters. The van der Waals surface area contributed by atoms with Gasteiger partial charge in [-0.05, 0) is 18.8 Å². The van der Waals surface area contributed by atoms with E-state index in [1.54, 1.807) is 6.20 Å². The Balaban J connectivity index is 2.05. The summed E-state index contributed by atoms with van der Waals surface area (Å²) in [6.07, 6.45) is 7.95. The molecule has 1 N–H and O–H groups in total. The Hall–Kier alpha value is -1.58. The maximum Gasteiger partial charge on any atom is 0.176 e. The quantitative estimate of drug-likeness (QED) is 0.767. The molecule has 4 nitrogen and oxygen atoms in total. The van der Waals surface area contributed by atoms with Gasteiger partial charge in [0.1, 0.15) is 0 Å². The third-order valence-electron chi connectivity index (χ3n) is 3.05. The van der Waals surface area contributed by atoms with Crippen molar-refractivity contribution in [3.05, 3.63) is 24.3 Å². The molecule has 4 heteroatoms. The van der Waals surface area contributed by atoms with E-state index in [1.165, 1.54) is 12.1 Å². The van der Waals surface area contributed by atoms with Gasteiger partial charge in [0.25, 0.3) is 0 Å². The predicted molar refractivity (Wildman–Crippen MR) is 57.3 cm³/mol. The van der Waals surface area contributed by atoms with E-state index in [0.29, 0.717) is 0 Å². The second-order valence-electron chi connectivity index (χ2n) is 4.26. The SMILES string of the molecule is CC1CCn2c(cnc2-c2ncc[nH]2)C1. The average molecular weight is 202 g/mol. The summed E-state index contributed by atoms with van der Waals surface area (Å²) < 4.78 is 2.28. The summed E-state index contributed by atoms with van der Waals surface area (Å²) in [5.41, 5.74) is 1.33. The lowest BCUT2D eigenvalue weighted by molar-refractivity contribution is 0.419. The number of fused-ring (bicyclic) bond motifs is 1. The van der Waals surface area contributed by atoms with Crippen LogP contribution < -0.4 is 0 Å². The van der Waals surface area contributed by atoms with E-state index in [2.05, 4.69) is 26.4 Å². The van der Waals surface area contributed by atoms with Crippen molar-refractivity contribution in [2.24, 2.45) is 5.92 Å². The molecule has 1 atom stereocenters. The Kier molecular flexibility index (Phi) is 1.87. The van der Waals surface area contributed by atoms with Crippen LogP contribution in [0.2, 0.25) is 0 Å². The molecule has 3 rings (SSSR count). The maximum atomic E-state index is 4.44. The van der Waals surface area contributed by atoms with Gasteiger partial charge in [-0.2, -0.15) is 0 Å². The number of hydrogen-bond donors (Lipinski definition) is 1. The lowest BCUT2D eigenvalue weighted by Gasteiger charge is -2.21. The molecule has 78 valence electrons. The summed E-state index contributed by atoms with van der Waals surface area (Å²) in [6.45, 7) is 3.36. The fourth-order valence-electron chi connectivity index (χ4n) is 2.21. The Bertz CT molecular complexity index is 455. The van der Waals surface area contributed by atoms with Crippen LogP contribution in [-0.2, 0) is 13.0 Å². The first-order valence-electron chi connectivity index (χ1n) is 5.39. The van der Waals surface area contributed by atoms with Crippen molar-refractivity contribution in [1.29, 1.82) is 0 Å². The van der Waals surface area contributed by atoms with E-state index in [0.717, 1.165) is 30.5 Å². The number of imidazole rings is 2. The smallest absolute Gasteiger partial charge is 0.176 e. The van der Waals surface area contributed by atoms with Crippen LogP contribution in [0.4, 0.5) is 0 Å². The summed E-state index contributed by atoms with van der Waals surface area (Å²) in [5, 5.41) is 0. The number of nitrogens with zero attached hydrogens (tertiary/aromatic N) is 3. The molecular formula is C11H14N4. The normalized spacial score (nSPS) is 20.2. The summed E-state index contributed by atoms with van der Waals surface area (Å²) in [5.74, 6) is 2.62. The van der Waals surface area contributed by atoms with Crippen molar-refractivity contribution in [1.82, 2.24) is 19.5 Å². The minimum absolute atomic E-state index is 0.777. The van der Waals surface area contributed by atoms with Crippen LogP contribution in [0.15, 0.2) is 18.6 Å². The number of nitrogens with one attached hydrogen (secondary N) is 1. The highest BCUT2D eigenvalue weighted by Crippen LogP contribution is 2.24. The largest absolute Gasteiger partial charge is 0.342 e. The van der Waals surface area contributed by atoms with Crippen molar-refractivity contribution >= 4 is 0 Å². The standard InChI is InChI=1S/C11H14N4/c1-8-2-5-15-9(6-8)7-14-11(15)10-12-3-4-13-10/h3-4,7-8H,2,5-6H2,1H3,(H,12,13). The molecule has 2 aromatic rings. The van der Waals surface area contributed by atoms with Gasteiger partial charge in [0, 0.05) is 30.8 Å². The second kappa shape index (κ2) is 3.22. The first kappa shape index (κ1) is 8.71. The Morgan fingerprint density at radius 3 is 3.20 bits per heavy atom. The molecule has 0 aliphatic carbocycles. The van der Waals surface area contributed by atoms with Gasteiger partial charge in [0.15, 0.2) is 11.6 Å². The lowest BCUT2D eigenvalue weighted by Crippen LogP contribution is -2.17. The topological polar surface area (TPSA) is 46.5 Å². The maximum absolute atomic E-state index is 4.44. The predicted octanol–water partition coefficient (Wildman–Crippen LogP) is 1.86. The zero-order valence-corrected chi connectivity index (χ0v) is 8.77. The Labute approximate surface area is 88.4 Å². The average Bonchev–Trinajstić information content (AvgIpc) is 2.82. The van der Waals surface area contributed by atoms with Crippen LogP contribution in [0.1, 0.15) is 19.0 Å². The molecule has 15 heavy (non-hydrogen) atoms. The van der Waals surface area contributed by atoms with Crippen LogP contribution in [-0.4, -0.2) is 19.5 Å². The van der Waals surface area contributed by atoms with Crippen molar-refractivity contribution in [3.63, 3.8) is 0 Å². The first-order chi connectivity index (χ1) is 7.34. The van der Waals surface area contributed by atoms with Gasteiger partial charge in [-0.25, -0.2) is 9.97 Å². The highest BCUT2D eigenvalue weighted by molar-refractivity contribution is 5.45. The first-order valence-corrected chi connectivity index (χ1v) is 5.39.